The van der Waals surface area contributed by atoms with Gasteiger partial charge in [-0.3, -0.25) is 0 Å². The molecule has 0 heterocycles. The summed E-state index contributed by atoms with van der Waals surface area (Å²) in [6.07, 6.45) is 6.09. The summed E-state index contributed by atoms with van der Waals surface area (Å²) in [5.41, 5.74) is 5.03. The van der Waals surface area contributed by atoms with Crippen molar-refractivity contribution in [1.29, 1.82) is 0 Å². The van der Waals surface area contributed by atoms with E-state index >= 15 is 0 Å². The summed E-state index contributed by atoms with van der Waals surface area (Å²) < 4.78 is 0. The SMILES string of the molecule is CC.Cc1ccc(C2=CC=C(CN=O)CC2)cc1. The Kier molecular flexibility index (Phi) is 6.06. The molecule has 0 aromatic heterocycles. The minimum atomic E-state index is 0.331. The molecule has 2 heteroatoms. The standard InChI is InChI=1S/C14H15NO.C2H6/c1-11-2-6-13(7-3-11)14-8-4-12(5-9-14)10-15-16;1-2/h2-4,6-8H,5,9-10H2,1H3;1-2H3. The molecular weight excluding hydrogens is 222 g/mol. The van der Waals surface area contributed by atoms with Crippen LogP contribution in [0.2, 0.25) is 0 Å². The Morgan fingerprint density at radius 1 is 1.06 bits per heavy atom. The number of nitrogens with zero attached hydrogens (tertiary/aromatic N) is 1. The number of hydrogen-bond acceptors (Lipinski definition) is 2. The maximum absolute atomic E-state index is 10.2. The topological polar surface area (TPSA) is 29.4 Å². The Hall–Kier alpha value is -1.70. The largest absolute Gasteiger partial charge is 0.150 e. The molecule has 0 saturated heterocycles. The van der Waals surface area contributed by atoms with Crippen molar-refractivity contribution in [3.05, 3.63) is 58.0 Å². The predicted octanol–water partition coefficient (Wildman–Crippen LogP) is 4.89. The van der Waals surface area contributed by atoms with E-state index in [4.69, 9.17) is 0 Å². The molecule has 96 valence electrons. The van der Waals surface area contributed by atoms with Gasteiger partial charge in [-0.1, -0.05) is 61.0 Å². The predicted molar refractivity (Wildman–Crippen MR) is 78.5 cm³/mol. The van der Waals surface area contributed by atoms with Crippen LogP contribution in [0.5, 0.6) is 0 Å². The van der Waals surface area contributed by atoms with E-state index in [1.807, 2.05) is 19.9 Å². The second-order valence-electron chi connectivity index (χ2n) is 4.17. The molecule has 2 rings (SSSR count). The second kappa shape index (κ2) is 7.59. The zero-order valence-corrected chi connectivity index (χ0v) is 11.4. The summed E-state index contributed by atoms with van der Waals surface area (Å²) >= 11 is 0. The van der Waals surface area contributed by atoms with E-state index in [0.29, 0.717) is 6.54 Å². The van der Waals surface area contributed by atoms with Crippen LogP contribution in [0.1, 0.15) is 37.8 Å². The zero-order valence-electron chi connectivity index (χ0n) is 11.4. The fourth-order valence-electron chi connectivity index (χ4n) is 1.90. The Bertz CT molecular complexity index is 441. The highest BCUT2D eigenvalue weighted by Gasteiger charge is 2.07. The number of allylic oxidation sites excluding steroid dienone is 3. The lowest BCUT2D eigenvalue weighted by Gasteiger charge is -2.13. The van der Waals surface area contributed by atoms with Gasteiger partial charge in [-0.25, -0.2) is 0 Å². The fraction of sp³-hybridized carbons (Fsp3) is 0.375. The van der Waals surface area contributed by atoms with Crippen molar-refractivity contribution in [2.75, 3.05) is 6.54 Å². The number of aryl methyl sites for hydroxylation is 1. The highest BCUT2D eigenvalue weighted by molar-refractivity contribution is 5.68. The molecule has 0 bridgehead atoms. The smallest absolute Gasteiger partial charge is 0.102 e. The molecule has 0 unspecified atom stereocenters. The molecule has 0 aliphatic heterocycles. The monoisotopic (exact) mass is 243 g/mol. The number of nitroso groups, excluding NO2 is 1. The molecule has 1 aliphatic rings. The van der Waals surface area contributed by atoms with Gasteiger partial charge in [-0.2, -0.15) is 4.91 Å². The highest BCUT2D eigenvalue weighted by atomic mass is 16.3. The molecule has 2 nitrogen and oxygen atoms in total. The molecule has 0 radical (unpaired) electrons. The molecule has 1 aromatic carbocycles. The summed E-state index contributed by atoms with van der Waals surface area (Å²) in [5.74, 6) is 0. The van der Waals surface area contributed by atoms with E-state index < -0.39 is 0 Å². The first-order valence-corrected chi connectivity index (χ1v) is 6.54. The molecule has 0 atom stereocenters. The third-order valence-corrected chi connectivity index (χ3v) is 2.93. The number of benzene rings is 1. The molecule has 18 heavy (non-hydrogen) atoms. The van der Waals surface area contributed by atoms with E-state index in [1.165, 1.54) is 16.7 Å². The van der Waals surface area contributed by atoms with Gasteiger partial charge in [0.2, 0.25) is 0 Å². The summed E-state index contributed by atoms with van der Waals surface area (Å²) in [5, 5.41) is 2.92. The van der Waals surface area contributed by atoms with Crippen LogP contribution < -0.4 is 0 Å². The van der Waals surface area contributed by atoms with E-state index in [2.05, 4.69) is 42.4 Å². The van der Waals surface area contributed by atoms with Gasteiger partial charge in [0.25, 0.3) is 0 Å². The van der Waals surface area contributed by atoms with Crippen LogP contribution >= 0.6 is 0 Å². The van der Waals surface area contributed by atoms with Gasteiger partial charge in [-0.15, -0.1) is 0 Å². The molecule has 0 fully saturated rings. The Morgan fingerprint density at radius 3 is 2.22 bits per heavy atom. The van der Waals surface area contributed by atoms with Gasteiger partial charge in [0.05, 0.1) is 0 Å². The Labute approximate surface area is 109 Å². The average Bonchev–Trinajstić information content (AvgIpc) is 2.43. The zero-order chi connectivity index (χ0) is 13.4. The molecular formula is C16H21NO. The van der Waals surface area contributed by atoms with Gasteiger partial charge in [-0.05, 0) is 36.5 Å². The lowest BCUT2D eigenvalue weighted by atomic mass is 9.93. The third-order valence-electron chi connectivity index (χ3n) is 2.93. The maximum atomic E-state index is 10.2. The van der Waals surface area contributed by atoms with E-state index in [0.717, 1.165) is 18.4 Å². The van der Waals surface area contributed by atoms with Crippen molar-refractivity contribution in [2.45, 2.75) is 33.6 Å². The van der Waals surface area contributed by atoms with Gasteiger partial charge in [0.15, 0.2) is 0 Å². The Morgan fingerprint density at radius 2 is 1.72 bits per heavy atom. The maximum Gasteiger partial charge on any atom is 0.102 e. The summed E-state index contributed by atoms with van der Waals surface area (Å²) in [6, 6.07) is 8.56. The first kappa shape index (κ1) is 14.4. The van der Waals surface area contributed by atoms with Crippen molar-refractivity contribution >= 4 is 5.57 Å². The molecule has 0 N–H and O–H groups in total. The van der Waals surface area contributed by atoms with Crippen LogP contribution in [-0.4, -0.2) is 6.54 Å². The van der Waals surface area contributed by atoms with E-state index in [-0.39, 0.29) is 0 Å². The van der Waals surface area contributed by atoms with Gasteiger partial charge in [0.1, 0.15) is 6.54 Å². The number of rotatable bonds is 3. The lowest BCUT2D eigenvalue weighted by Crippen LogP contribution is -1.96. The molecule has 1 aliphatic carbocycles. The van der Waals surface area contributed by atoms with Crippen molar-refractivity contribution in [2.24, 2.45) is 5.18 Å². The fourth-order valence-corrected chi connectivity index (χ4v) is 1.90. The second-order valence-corrected chi connectivity index (χ2v) is 4.17. The van der Waals surface area contributed by atoms with Crippen LogP contribution in [0.25, 0.3) is 5.57 Å². The van der Waals surface area contributed by atoms with Crippen molar-refractivity contribution in [1.82, 2.24) is 0 Å². The molecule has 0 spiro atoms. The first-order chi connectivity index (χ1) is 8.79. The van der Waals surface area contributed by atoms with Crippen molar-refractivity contribution in [3.63, 3.8) is 0 Å². The summed E-state index contributed by atoms with van der Waals surface area (Å²) in [6.45, 7) is 6.42. The normalized spacial score (nSPS) is 13.9. The minimum absolute atomic E-state index is 0.331. The van der Waals surface area contributed by atoms with Crippen LogP contribution in [0.15, 0.2) is 47.2 Å². The van der Waals surface area contributed by atoms with Crippen LogP contribution in [-0.2, 0) is 0 Å². The average molecular weight is 243 g/mol. The molecule has 0 amide bonds. The summed E-state index contributed by atoms with van der Waals surface area (Å²) in [4.78, 5) is 10.2. The van der Waals surface area contributed by atoms with Crippen LogP contribution in [0.4, 0.5) is 0 Å². The third kappa shape index (κ3) is 3.95. The van der Waals surface area contributed by atoms with E-state index in [9.17, 15) is 4.91 Å². The van der Waals surface area contributed by atoms with E-state index in [1.54, 1.807) is 0 Å². The van der Waals surface area contributed by atoms with Gasteiger partial charge >= 0.3 is 0 Å². The highest BCUT2D eigenvalue weighted by Crippen LogP contribution is 2.26. The van der Waals surface area contributed by atoms with Gasteiger partial charge in [0, 0.05) is 0 Å². The van der Waals surface area contributed by atoms with Crippen LogP contribution in [0.3, 0.4) is 0 Å². The van der Waals surface area contributed by atoms with Crippen molar-refractivity contribution in [3.8, 4) is 0 Å². The van der Waals surface area contributed by atoms with Crippen molar-refractivity contribution < 1.29 is 0 Å². The Balaban J connectivity index is 0.000000771. The molecule has 0 saturated carbocycles. The number of hydrogen-bond donors (Lipinski definition) is 0. The van der Waals surface area contributed by atoms with Gasteiger partial charge < -0.3 is 0 Å². The molecule has 1 aromatic rings. The van der Waals surface area contributed by atoms with Crippen LogP contribution in [0, 0.1) is 11.8 Å². The quantitative estimate of drug-likeness (QED) is 0.695. The lowest BCUT2D eigenvalue weighted by molar-refractivity contribution is 0.925. The minimum Gasteiger partial charge on any atom is -0.150 e. The first-order valence-electron chi connectivity index (χ1n) is 6.54. The summed E-state index contributed by atoms with van der Waals surface area (Å²) in [7, 11) is 0.